The lowest BCUT2D eigenvalue weighted by Crippen LogP contribution is -2.12. The molecule has 0 aliphatic carbocycles. The Balaban J connectivity index is 1.84. The van der Waals surface area contributed by atoms with E-state index >= 15 is 0 Å². The first-order valence-corrected chi connectivity index (χ1v) is 11.6. The molecule has 4 heteroatoms. The third-order valence-electron chi connectivity index (χ3n) is 4.46. The third kappa shape index (κ3) is 6.34. The zero-order chi connectivity index (χ0) is 20.6. The maximum atomic E-state index is 13.0. The van der Waals surface area contributed by atoms with Gasteiger partial charge in [0, 0.05) is 0 Å². The van der Waals surface area contributed by atoms with Crippen LogP contribution in [0.1, 0.15) is 28.7 Å². The largest absolute Gasteiger partial charge is 0.289 e. The van der Waals surface area contributed by atoms with Crippen LogP contribution in [0.15, 0.2) is 70.5 Å². The van der Waals surface area contributed by atoms with E-state index in [1.165, 1.54) is 23.3 Å². The summed E-state index contributed by atoms with van der Waals surface area (Å²) in [5, 5.41) is 0. The molecule has 0 radical (unpaired) electrons. The molecule has 2 aromatic carbocycles. The van der Waals surface area contributed by atoms with Crippen LogP contribution in [-0.2, 0) is 9.59 Å². The number of carbonyl (C=O) groups excluding carboxylic acids is 2. The predicted molar refractivity (Wildman–Crippen MR) is 127 cm³/mol. The fraction of sp³-hybridized carbons (Fsp3) is 0.200. The van der Waals surface area contributed by atoms with Crippen LogP contribution in [0.3, 0.4) is 0 Å². The number of rotatable bonds is 6. The Morgan fingerprint density at radius 3 is 1.55 bits per heavy atom. The molecule has 0 unspecified atom stereocenters. The van der Waals surface area contributed by atoms with Crippen LogP contribution >= 0.6 is 23.5 Å². The smallest absolute Gasteiger partial charge is 0.191 e. The first-order valence-electron chi connectivity index (χ1n) is 9.61. The summed E-state index contributed by atoms with van der Waals surface area (Å²) in [5.74, 6) is 1.41. The van der Waals surface area contributed by atoms with Gasteiger partial charge < -0.3 is 0 Å². The summed E-state index contributed by atoms with van der Waals surface area (Å²) < 4.78 is 0.841. The van der Waals surface area contributed by atoms with E-state index in [4.69, 9.17) is 0 Å². The second-order valence-electron chi connectivity index (χ2n) is 6.93. The van der Waals surface area contributed by atoms with Crippen LogP contribution in [0.4, 0.5) is 0 Å². The molecule has 1 saturated heterocycles. The summed E-state index contributed by atoms with van der Waals surface area (Å²) in [6, 6.07) is 15.9. The lowest BCUT2D eigenvalue weighted by molar-refractivity contribution is -0.116. The molecule has 1 aliphatic heterocycles. The van der Waals surface area contributed by atoms with E-state index in [1.807, 2.05) is 62.4 Å². The first-order chi connectivity index (χ1) is 14.0. The summed E-state index contributed by atoms with van der Waals surface area (Å²) in [4.78, 5) is 25.9. The standard InChI is InChI=1S/C25H24O2S2/c1-18-4-8-20(9-5-18)12-14-22(26)24(25-28-16-3-17-29-25)23(27)15-13-21-10-6-19(2)7-11-21/h4-15H,3,16-17H2,1-2H3/b14-12+,15-13+. The minimum atomic E-state index is -0.235. The fourth-order valence-electron chi connectivity index (χ4n) is 2.76. The van der Waals surface area contributed by atoms with Crippen LogP contribution in [0, 0.1) is 13.8 Å². The van der Waals surface area contributed by atoms with Crippen molar-refractivity contribution in [3.05, 3.63) is 92.7 Å². The van der Waals surface area contributed by atoms with Crippen molar-refractivity contribution in [2.24, 2.45) is 0 Å². The van der Waals surface area contributed by atoms with Gasteiger partial charge in [0.05, 0.1) is 9.81 Å². The Morgan fingerprint density at radius 1 is 0.724 bits per heavy atom. The topological polar surface area (TPSA) is 34.1 Å². The number of carbonyl (C=O) groups is 2. The van der Waals surface area contributed by atoms with Crippen molar-refractivity contribution >= 4 is 47.2 Å². The fourth-order valence-corrected chi connectivity index (χ4v) is 5.42. The molecule has 0 spiro atoms. The Kier molecular flexibility index (Phi) is 7.73. The Hall–Kier alpha value is -2.30. The number of thioether (sulfide) groups is 2. The zero-order valence-corrected chi connectivity index (χ0v) is 18.3. The second kappa shape index (κ2) is 10.5. The van der Waals surface area contributed by atoms with Gasteiger partial charge in [-0.15, -0.1) is 23.5 Å². The van der Waals surface area contributed by atoms with E-state index in [2.05, 4.69) is 0 Å². The Bertz CT molecular complexity index is 887. The number of allylic oxidation sites excluding steroid dienone is 3. The highest BCUT2D eigenvalue weighted by Crippen LogP contribution is 2.38. The molecule has 0 N–H and O–H groups in total. The molecule has 0 amide bonds. The molecular weight excluding hydrogens is 396 g/mol. The van der Waals surface area contributed by atoms with Gasteiger partial charge in [0.25, 0.3) is 0 Å². The van der Waals surface area contributed by atoms with Crippen molar-refractivity contribution in [2.45, 2.75) is 20.3 Å². The number of hydrogen-bond donors (Lipinski definition) is 0. The molecule has 1 fully saturated rings. The molecule has 1 heterocycles. The van der Waals surface area contributed by atoms with E-state index in [0.29, 0.717) is 0 Å². The molecule has 0 aromatic heterocycles. The molecule has 3 rings (SSSR count). The van der Waals surface area contributed by atoms with Gasteiger partial charge in [-0.2, -0.15) is 0 Å². The first kappa shape index (κ1) is 21.4. The Labute approximate surface area is 181 Å². The molecule has 148 valence electrons. The minimum absolute atomic E-state index is 0.235. The summed E-state index contributed by atoms with van der Waals surface area (Å²) >= 11 is 3.22. The minimum Gasteiger partial charge on any atom is -0.289 e. The van der Waals surface area contributed by atoms with Crippen molar-refractivity contribution in [2.75, 3.05) is 11.5 Å². The number of aryl methyl sites for hydroxylation is 2. The number of ketones is 2. The van der Waals surface area contributed by atoms with E-state index in [-0.39, 0.29) is 17.1 Å². The molecule has 0 saturated carbocycles. The van der Waals surface area contributed by atoms with Gasteiger partial charge >= 0.3 is 0 Å². The van der Waals surface area contributed by atoms with Gasteiger partial charge in [-0.3, -0.25) is 9.59 Å². The van der Waals surface area contributed by atoms with Crippen molar-refractivity contribution in [3.8, 4) is 0 Å². The van der Waals surface area contributed by atoms with Gasteiger partial charge in [0.15, 0.2) is 11.6 Å². The average Bonchev–Trinajstić information content (AvgIpc) is 2.74. The maximum absolute atomic E-state index is 13.0. The molecular formula is C25H24O2S2. The normalized spacial score (nSPS) is 14.5. The van der Waals surface area contributed by atoms with Gasteiger partial charge in [0.2, 0.25) is 0 Å². The van der Waals surface area contributed by atoms with Crippen molar-refractivity contribution in [3.63, 3.8) is 0 Å². The lowest BCUT2D eigenvalue weighted by atomic mass is 10.0. The van der Waals surface area contributed by atoms with Crippen LogP contribution in [0.5, 0.6) is 0 Å². The average molecular weight is 421 g/mol. The monoisotopic (exact) mass is 420 g/mol. The predicted octanol–water partition coefficient (Wildman–Crippen LogP) is 6.25. The summed E-state index contributed by atoms with van der Waals surface area (Å²) in [7, 11) is 0. The molecule has 2 aromatic rings. The highest BCUT2D eigenvalue weighted by atomic mass is 32.2. The summed E-state index contributed by atoms with van der Waals surface area (Å²) in [5.41, 5.74) is 4.51. The second-order valence-corrected chi connectivity index (χ2v) is 9.40. The SMILES string of the molecule is Cc1ccc(/C=C/C(=O)C(C(=O)/C=C/c2ccc(C)cc2)=C2SCCCS2)cc1. The quantitative estimate of drug-likeness (QED) is 0.314. The Morgan fingerprint density at radius 2 is 1.14 bits per heavy atom. The van der Waals surface area contributed by atoms with E-state index < -0.39 is 0 Å². The van der Waals surface area contributed by atoms with Crippen molar-refractivity contribution in [1.82, 2.24) is 0 Å². The summed E-state index contributed by atoms with van der Waals surface area (Å²) in [6.45, 7) is 4.05. The van der Waals surface area contributed by atoms with Gasteiger partial charge in [-0.05, 0) is 55.1 Å². The molecule has 2 nitrogen and oxygen atoms in total. The van der Waals surface area contributed by atoms with Crippen molar-refractivity contribution in [1.29, 1.82) is 0 Å². The zero-order valence-electron chi connectivity index (χ0n) is 16.7. The van der Waals surface area contributed by atoms with Crippen LogP contribution in [0.25, 0.3) is 12.2 Å². The molecule has 1 aliphatic rings. The van der Waals surface area contributed by atoms with Crippen LogP contribution < -0.4 is 0 Å². The maximum Gasteiger partial charge on any atom is 0.191 e. The van der Waals surface area contributed by atoms with E-state index in [9.17, 15) is 9.59 Å². The molecule has 29 heavy (non-hydrogen) atoms. The lowest BCUT2D eigenvalue weighted by Gasteiger charge is -2.15. The van der Waals surface area contributed by atoms with Crippen LogP contribution in [-0.4, -0.2) is 23.1 Å². The van der Waals surface area contributed by atoms with E-state index in [1.54, 1.807) is 35.7 Å². The highest BCUT2D eigenvalue weighted by molar-refractivity contribution is 8.22. The van der Waals surface area contributed by atoms with Crippen LogP contribution in [0.2, 0.25) is 0 Å². The van der Waals surface area contributed by atoms with E-state index in [0.717, 1.165) is 33.3 Å². The third-order valence-corrected chi connectivity index (χ3v) is 7.09. The number of benzene rings is 2. The molecule has 0 atom stereocenters. The van der Waals surface area contributed by atoms with Gasteiger partial charge in [-0.25, -0.2) is 0 Å². The number of hydrogen-bond acceptors (Lipinski definition) is 4. The van der Waals surface area contributed by atoms with Crippen molar-refractivity contribution < 1.29 is 9.59 Å². The summed E-state index contributed by atoms with van der Waals surface area (Å²) in [6.07, 6.45) is 7.67. The van der Waals surface area contributed by atoms with Gasteiger partial charge in [-0.1, -0.05) is 71.8 Å². The highest BCUT2D eigenvalue weighted by Gasteiger charge is 2.22. The van der Waals surface area contributed by atoms with Gasteiger partial charge in [0.1, 0.15) is 0 Å². The molecule has 0 bridgehead atoms.